The van der Waals surface area contributed by atoms with Crippen LogP contribution in [0, 0.1) is 27.7 Å². The van der Waals surface area contributed by atoms with E-state index in [1.54, 1.807) is 0 Å². The van der Waals surface area contributed by atoms with E-state index >= 15 is 0 Å². The molecule has 0 aromatic heterocycles. The molecule has 0 bridgehead atoms. The van der Waals surface area contributed by atoms with Crippen molar-refractivity contribution in [1.82, 2.24) is 0 Å². The van der Waals surface area contributed by atoms with Gasteiger partial charge in [-0.3, -0.25) is 0 Å². The summed E-state index contributed by atoms with van der Waals surface area (Å²) in [5.74, 6) is 0. The maximum Gasteiger partial charge on any atom is 1.00 e. The van der Waals surface area contributed by atoms with E-state index in [0.29, 0.717) is 45.3 Å². The smallest absolute Gasteiger partial charge is 0.651 e. The van der Waals surface area contributed by atoms with Gasteiger partial charge in [-0.2, -0.15) is 0 Å². The van der Waals surface area contributed by atoms with Crippen LogP contribution in [0.3, 0.4) is 0 Å². The summed E-state index contributed by atoms with van der Waals surface area (Å²) in [6.45, 7) is 52.7. The number of rotatable bonds is 18. The zero-order valence-electron chi connectivity index (χ0n) is 44.9. The molecular formula is C56H94Ag2N2OP4+4. The zero-order chi connectivity index (χ0) is 47.9. The standard InChI is InChI=1S/2C26H40NP2.C4H10O.2Ag/c2*1-17(2)28(18(3)4)25-15-21(9)11-13-23(25)27-24-14-12-22(10)16-26(24)29(19(5)6)20(7)8;1-3-5-4-2;;/h2*11-20H,1-10H3;3-4H2,1-2H3;;/q2*-1;;2*+1/p+4. The van der Waals surface area contributed by atoms with Gasteiger partial charge in [0, 0.05) is 44.9 Å². The van der Waals surface area contributed by atoms with E-state index in [1.165, 1.54) is 66.2 Å². The van der Waals surface area contributed by atoms with Gasteiger partial charge in [-0.25, -0.2) is 0 Å². The molecular weight excluding hydrogens is 1060 g/mol. The molecule has 0 saturated carbocycles. The molecule has 0 heterocycles. The SMILES string of the molecule is CCOCC.Cc1ccc([N-]c2ccc(C)cc2[PH+](C(C)C)C(C)C)c([PH+](C(C)C)C(C)C)c1.Cc1ccc([N-]c2ccc(C)cc2[PH+](C(C)C)C(C)C)c([PH+](C(C)C)C(C)C)c1.[Ag+].[Ag+]. The van der Waals surface area contributed by atoms with Crippen molar-refractivity contribution in [3.8, 4) is 0 Å². The molecule has 4 aromatic rings. The normalized spacial score (nSPS) is 11.6. The topological polar surface area (TPSA) is 37.4 Å². The van der Waals surface area contributed by atoms with Gasteiger partial charge >= 0.3 is 44.8 Å². The second-order valence-electron chi connectivity index (χ2n) is 20.1. The number of aryl methyl sites for hydroxylation is 4. The number of nitrogens with zero attached hydrogens (tertiary/aromatic N) is 2. The Hall–Kier alpha value is -0.359. The van der Waals surface area contributed by atoms with Gasteiger partial charge < -0.3 is 15.4 Å². The van der Waals surface area contributed by atoms with Crippen LogP contribution in [0.4, 0.5) is 22.7 Å². The Kier molecular flexibility index (Phi) is 31.6. The van der Waals surface area contributed by atoms with Crippen LogP contribution in [-0.2, 0) is 49.5 Å². The first-order valence-corrected chi connectivity index (χ1v) is 31.0. The van der Waals surface area contributed by atoms with Gasteiger partial charge in [-0.05, 0) is 199 Å². The summed E-state index contributed by atoms with van der Waals surface area (Å²) in [5, 5.41) is 16.7. The molecule has 0 aliphatic rings. The predicted octanol–water partition coefficient (Wildman–Crippen LogP) is 16.9. The molecule has 372 valence electrons. The molecule has 0 radical (unpaired) electrons. The zero-order valence-corrected chi connectivity index (χ0v) is 51.8. The monoisotopic (exact) mass is 1150 g/mol. The number of hydrogen-bond acceptors (Lipinski definition) is 1. The Morgan fingerprint density at radius 3 is 0.631 bits per heavy atom. The van der Waals surface area contributed by atoms with Crippen molar-refractivity contribution in [2.75, 3.05) is 13.2 Å². The minimum Gasteiger partial charge on any atom is -0.651 e. The molecule has 3 nitrogen and oxygen atoms in total. The first kappa shape index (κ1) is 64.6. The largest absolute Gasteiger partial charge is 1.00 e. The van der Waals surface area contributed by atoms with Gasteiger partial charge in [-0.1, -0.05) is 71.3 Å². The van der Waals surface area contributed by atoms with Crippen LogP contribution in [0.2, 0.25) is 0 Å². The number of hydrogen-bond donors (Lipinski definition) is 0. The molecule has 0 saturated heterocycles. The van der Waals surface area contributed by atoms with Crippen LogP contribution in [0.25, 0.3) is 10.6 Å². The van der Waals surface area contributed by atoms with Crippen LogP contribution >= 0.6 is 31.7 Å². The molecule has 0 fully saturated rings. The number of ether oxygens (including phenoxy) is 1. The molecule has 0 N–H and O–H groups in total. The van der Waals surface area contributed by atoms with E-state index in [-0.39, 0.29) is 44.8 Å². The van der Waals surface area contributed by atoms with Crippen molar-refractivity contribution < 1.29 is 49.5 Å². The average Bonchev–Trinajstić information content (AvgIpc) is 3.15. The maximum absolute atomic E-state index is 5.35. The Morgan fingerprint density at radius 1 is 0.338 bits per heavy atom. The molecule has 0 aliphatic heterocycles. The van der Waals surface area contributed by atoms with E-state index in [4.69, 9.17) is 15.4 Å². The Balaban J connectivity index is 0.00000111. The van der Waals surface area contributed by atoms with Crippen LogP contribution in [0.15, 0.2) is 72.8 Å². The molecule has 4 aromatic carbocycles. The quantitative estimate of drug-likeness (QED) is 0.0723. The Labute approximate surface area is 438 Å². The maximum atomic E-state index is 5.35. The van der Waals surface area contributed by atoms with Crippen molar-refractivity contribution in [1.29, 1.82) is 0 Å². The first-order chi connectivity index (χ1) is 29.5. The molecule has 9 heteroatoms. The summed E-state index contributed by atoms with van der Waals surface area (Å²) in [5.41, 5.74) is 15.7. The molecule has 4 rings (SSSR count). The average molecular weight is 1150 g/mol. The van der Waals surface area contributed by atoms with Crippen LogP contribution < -0.4 is 21.2 Å². The Morgan fingerprint density at radius 2 is 0.508 bits per heavy atom. The van der Waals surface area contributed by atoms with E-state index in [0.717, 1.165) is 13.2 Å². The molecule has 0 spiro atoms. The predicted molar refractivity (Wildman–Crippen MR) is 305 cm³/mol. The van der Waals surface area contributed by atoms with Crippen molar-refractivity contribution in [2.24, 2.45) is 0 Å². The summed E-state index contributed by atoms with van der Waals surface area (Å²) >= 11 is 0. The third-order valence-electron chi connectivity index (χ3n) is 11.7. The van der Waals surface area contributed by atoms with Crippen LogP contribution in [0.5, 0.6) is 0 Å². The van der Waals surface area contributed by atoms with Gasteiger partial charge in [0.25, 0.3) is 0 Å². The van der Waals surface area contributed by atoms with E-state index in [1.807, 2.05) is 13.8 Å². The molecule has 0 amide bonds. The summed E-state index contributed by atoms with van der Waals surface area (Å²) in [6.07, 6.45) is 0. The summed E-state index contributed by atoms with van der Waals surface area (Å²) in [6, 6.07) is 27.6. The minimum absolute atomic E-state index is 0. The summed E-state index contributed by atoms with van der Waals surface area (Å²) < 4.78 is 4.83. The van der Waals surface area contributed by atoms with Gasteiger partial charge in [0.05, 0.1) is 66.5 Å². The fourth-order valence-electron chi connectivity index (χ4n) is 9.53. The Bertz CT molecular complexity index is 1660. The fraction of sp³-hybridized carbons (Fsp3) is 0.571. The van der Waals surface area contributed by atoms with Crippen molar-refractivity contribution in [3.63, 3.8) is 0 Å². The van der Waals surface area contributed by atoms with Crippen LogP contribution in [-0.4, -0.2) is 58.5 Å². The van der Waals surface area contributed by atoms with Gasteiger partial charge in [0.1, 0.15) is 0 Å². The third-order valence-corrected chi connectivity index (χ3v) is 25.8. The summed E-state index contributed by atoms with van der Waals surface area (Å²) in [7, 11) is -2.74. The third kappa shape index (κ3) is 20.1. The number of benzene rings is 4. The van der Waals surface area contributed by atoms with Crippen LogP contribution in [0.1, 0.15) is 147 Å². The molecule has 65 heavy (non-hydrogen) atoms. The van der Waals surface area contributed by atoms with E-state index in [2.05, 4.69) is 211 Å². The minimum atomic E-state index is -0.685. The van der Waals surface area contributed by atoms with Crippen molar-refractivity contribution >= 4 is 75.7 Å². The second-order valence-corrected chi connectivity index (χ2v) is 35.2. The van der Waals surface area contributed by atoms with Gasteiger partial charge in [0.2, 0.25) is 0 Å². The first-order valence-electron chi connectivity index (χ1n) is 24.4. The van der Waals surface area contributed by atoms with E-state index in [9.17, 15) is 0 Å². The van der Waals surface area contributed by atoms with E-state index < -0.39 is 31.7 Å². The second kappa shape index (κ2) is 31.8. The molecule has 0 aliphatic carbocycles. The van der Waals surface area contributed by atoms with Gasteiger partial charge in [0.15, 0.2) is 0 Å². The molecule has 0 atom stereocenters. The van der Waals surface area contributed by atoms with Crippen molar-refractivity contribution in [2.45, 2.75) is 198 Å². The summed E-state index contributed by atoms with van der Waals surface area (Å²) in [4.78, 5) is 0. The fourth-order valence-corrected chi connectivity index (χ4v) is 23.2. The van der Waals surface area contributed by atoms with Crippen molar-refractivity contribution in [3.05, 3.63) is 106 Å². The van der Waals surface area contributed by atoms with Gasteiger partial charge in [-0.15, -0.1) is 0 Å². The molecule has 0 unspecified atom stereocenters.